The lowest BCUT2D eigenvalue weighted by atomic mass is 10.2. The van der Waals surface area contributed by atoms with E-state index < -0.39 is 17.2 Å². The van der Waals surface area contributed by atoms with E-state index in [2.05, 4.69) is 0 Å². The van der Waals surface area contributed by atoms with Crippen LogP contribution in [0.15, 0.2) is 11.5 Å². The second-order valence-corrected chi connectivity index (χ2v) is 2.69. The average Bonchev–Trinajstić information content (AvgIpc) is 2.11. The quantitative estimate of drug-likeness (QED) is 0.550. The smallest absolute Gasteiger partial charge is 0.286 e. The van der Waals surface area contributed by atoms with Gasteiger partial charge in [0.2, 0.25) is 5.12 Å². The number of rotatable bonds is 0. The van der Waals surface area contributed by atoms with Crippen LogP contribution in [0, 0.1) is 5.92 Å². The van der Waals surface area contributed by atoms with E-state index in [1.807, 2.05) is 0 Å². The van der Waals surface area contributed by atoms with E-state index >= 15 is 0 Å². The number of hydrogen-bond acceptors (Lipinski definition) is 2. The first kappa shape index (κ1) is 7.65. The van der Waals surface area contributed by atoms with Crippen LogP contribution in [-0.4, -0.2) is 11.3 Å². The molecule has 10 heavy (non-hydrogen) atoms. The number of carbonyl (C=O) groups is 1. The van der Waals surface area contributed by atoms with Gasteiger partial charge in [0.1, 0.15) is 5.92 Å². The summed E-state index contributed by atoms with van der Waals surface area (Å²) >= 11 is 0.593. The summed E-state index contributed by atoms with van der Waals surface area (Å²) < 4.78 is 35.2. The second kappa shape index (κ2) is 2.30. The number of alkyl halides is 3. The molecule has 1 heterocycles. The van der Waals surface area contributed by atoms with E-state index in [-0.39, 0.29) is 0 Å². The van der Waals surface area contributed by atoms with Gasteiger partial charge in [-0.15, -0.1) is 0 Å². The predicted molar refractivity (Wildman–Crippen MR) is 31.3 cm³/mol. The van der Waals surface area contributed by atoms with E-state index in [0.717, 1.165) is 6.08 Å². The van der Waals surface area contributed by atoms with Crippen LogP contribution >= 0.6 is 11.8 Å². The van der Waals surface area contributed by atoms with Crippen molar-refractivity contribution in [3.05, 3.63) is 11.5 Å². The molecule has 0 aromatic carbocycles. The van der Waals surface area contributed by atoms with E-state index in [4.69, 9.17) is 0 Å². The maximum Gasteiger partial charge on any atom is 0.402 e. The Morgan fingerprint density at radius 2 is 2.10 bits per heavy atom. The average molecular weight is 168 g/mol. The molecular formula is C5H3F3OS. The molecule has 1 aliphatic heterocycles. The van der Waals surface area contributed by atoms with Crippen molar-refractivity contribution < 1.29 is 18.0 Å². The van der Waals surface area contributed by atoms with Gasteiger partial charge < -0.3 is 0 Å². The van der Waals surface area contributed by atoms with Gasteiger partial charge in [-0.05, 0) is 5.41 Å². The van der Waals surface area contributed by atoms with Gasteiger partial charge in [-0.3, -0.25) is 4.79 Å². The molecule has 0 saturated carbocycles. The van der Waals surface area contributed by atoms with Crippen LogP contribution < -0.4 is 0 Å². The minimum Gasteiger partial charge on any atom is -0.286 e. The van der Waals surface area contributed by atoms with Crippen LogP contribution in [0.25, 0.3) is 0 Å². The predicted octanol–water partition coefficient (Wildman–Crippen LogP) is 1.95. The van der Waals surface area contributed by atoms with Crippen LogP contribution in [-0.2, 0) is 4.79 Å². The molecule has 56 valence electrons. The van der Waals surface area contributed by atoms with E-state index in [9.17, 15) is 18.0 Å². The lowest BCUT2D eigenvalue weighted by Crippen LogP contribution is -2.24. The molecule has 0 saturated heterocycles. The largest absolute Gasteiger partial charge is 0.402 e. The van der Waals surface area contributed by atoms with Gasteiger partial charge in [0.15, 0.2) is 0 Å². The van der Waals surface area contributed by atoms with Gasteiger partial charge >= 0.3 is 6.18 Å². The molecule has 0 aliphatic carbocycles. The van der Waals surface area contributed by atoms with Crippen LogP contribution in [0.3, 0.4) is 0 Å². The van der Waals surface area contributed by atoms with Gasteiger partial charge in [-0.2, -0.15) is 13.2 Å². The summed E-state index contributed by atoms with van der Waals surface area (Å²) in [6.45, 7) is 0. The summed E-state index contributed by atoms with van der Waals surface area (Å²) in [4.78, 5) is 10.4. The first-order valence-corrected chi connectivity index (χ1v) is 3.33. The minimum atomic E-state index is -4.41. The van der Waals surface area contributed by atoms with Crippen molar-refractivity contribution in [1.29, 1.82) is 0 Å². The van der Waals surface area contributed by atoms with Crippen LogP contribution in [0.2, 0.25) is 0 Å². The number of allylic oxidation sites excluding steroid dienone is 1. The molecule has 0 fully saturated rings. The van der Waals surface area contributed by atoms with Crippen molar-refractivity contribution in [3.8, 4) is 0 Å². The van der Waals surface area contributed by atoms with Crippen molar-refractivity contribution in [1.82, 2.24) is 0 Å². The minimum absolute atomic E-state index is 0.593. The molecule has 1 nitrogen and oxygen atoms in total. The Labute approximate surface area is 59.3 Å². The molecule has 0 aromatic rings. The highest BCUT2D eigenvalue weighted by Gasteiger charge is 2.44. The number of hydrogen-bond donors (Lipinski definition) is 0. The zero-order valence-corrected chi connectivity index (χ0v) is 5.50. The summed E-state index contributed by atoms with van der Waals surface area (Å²) in [7, 11) is 0. The molecule has 5 heteroatoms. The van der Waals surface area contributed by atoms with Crippen molar-refractivity contribution >= 4 is 16.9 Å². The second-order valence-electron chi connectivity index (χ2n) is 1.78. The Bertz CT molecular complexity index is 184. The summed E-state index contributed by atoms with van der Waals surface area (Å²) in [5, 5.41) is 0.327. The number of halogens is 3. The standard InChI is InChI=1S/C5H3F3OS/c6-5(7,8)3-1-2-10-4(3)9/h1-3H. The van der Waals surface area contributed by atoms with Crippen molar-refractivity contribution in [2.24, 2.45) is 5.92 Å². The number of thioether (sulfide) groups is 1. The molecule has 1 aliphatic rings. The lowest BCUT2D eigenvalue weighted by Gasteiger charge is -2.09. The van der Waals surface area contributed by atoms with E-state index in [0.29, 0.717) is 11.8 Å². The van der Waals surface area contributed by atoms with E-state index in [1.165, 1.54) is 5.41 Å². The molecular weight excluding hydrogens is 165 g/mol. The Kier molecular flexibility index (Phi) is 1.76. The fourth-order valence-electron chi connectivity index (χ4n) is 0.580. The lowest BCUT2D eigenvalue weighted by molar-refractivity contribution is -0.165. The van der Waals surface area contributed by atoms with Crippen LogP contribution in [0.1, 0.15) is 0 Å². The third-order valence-electron chi connectivity index (χ3n) is 1.06. The first-order valence-electron chi connectivity index (χ1n) is 2.45. The first-order chi connectivity index (χ1) is 4.52. The fourth-order valence-corrected chi connectivity index (χ4v) is 1.31. The molecule has 1 atom stereocenters. The normalized spacial score (nSPS) is 25.9. The molecule has 0 radical (unpaired) electrons. The molecule has 0 N–H and O–H groups in total. The van der Waals surface area contributed by atoms with Crippen molar-refractivity contribution in [2.75, 3.05) is 0 Å². The SMILES string of the molecule is O=C1SC=CC1C(F)(F)F. The molecule has 1 rings (SSSR count). The fraction of sp³-hybridized carbons (Fsp3) is 0.400. The van der Waals surface area contributed by atoms with Gasteiger partial charge in [-0.1, -0.05) is 17.8 Å². The highest BCUT2D eigenvalue weighted by atomic mass is 32.2. The number of carbonyl (C=O) groups excluding carboxylic acids is 1. The maximum atomic E-state index is 11.7. The highest BCUT2D eigenvalue weighted by molar-refractivity contribution is 8.16. The molecule has 0 aromatic heterocycles. The Balaban J connectivity index is 2.73. The molecule has 0 bridgehead atoms. The third kappa shape index (κ3) is 1.34. The highest BCUT2D eigenvalue weighted by Crippen LogP contribution is 2.35. The maximum absolute atomic E-state index is 11.7. The molecule has 0 spiro atoms. The van der Waals surface area contributed by atoms with Gasteiger partial charge in [0.05, 0.1) is 0 Å². The topological polar surface area (TPSA) is 17.1 Å². The summed E-state index contributed by atoms with van der Waals surface area (Å²) in [5.74, 6) is -1.88. The Morgan fingerprint density at radius 3 is 2.30 bits per heavy atom. The van der Waals surface area contributed by atoms with Crippen molar-refractivity contribution in [3.63, 3.8) is 0 Å². The summed E-state index contributed by atoms with van der Waals surface area (Å²) in [5.41, 5.74) is 0. The van der Waals surface area contributed by atoms with Gasteiger partial charge in [-0.25, -0.2) is 0 Å². The zero-order chi connectivity index (χ0) is 7.78. The van der Waals surface area contributed by atoms with Gasteiger partial charge in [0.25, 0.3) is 0 Å². The van der Waals surface area contributed by atoms with E-state index in [1.54, 1.807) is 0 Å². The zero-order valence-electron chi connectivity index (χ0n) is 4.68. The van der Waals surface area contributed by atoms with Crippen molar-refractivity contribution in [2.45, 2.75) is 6.18 Å². The van der Waals surface area contributed by atoms with Crippen LogP contribution in [0.4, 0.5) is 13.2 Å². The molecule has 0 amide bonds. The summed E-state index contributed by atoms with van der Waals surface area (Å²) in [6.07, 6.45) is -3.54. The third-order valence-corrected chi connectivity index (χ3v) is 1.84. The monoisotopic (exact) mass is 168 g/mol. The Morgan fingerprint density at radius 1 is 1.50 bits per heavy atom. The Hall–Kier alpha value is -0.450. The van der Waals surface area contributed by atoms with Crippen LogP contribution in [0.5, 0.6) is 0 Å². The summed E-state index contributed by atoms with van der Waals surface area (Å²) in [6, 6.07) is 0. The van der Waals surface area contributed by atoms with Gasteiger partial charge in [0, 0.05) is 0 Å². The molecule has 1 unspecified atom stereocenters.